The Hall–Kier alpha value is -0.870. The summed E-state index contributed by atoms with van der Waals surface area (Å²) in [6.07, 6.45) is 2.45. The summed E-state index contributed by atoms with van der Waals surface area (Å²) in [5, 5.41) is 16.5. The molecule has 0 fully saturated rings. The first kappa shape index (κ1) is 11.2. The van der Waals surface area contributed by atoms with E-state index in [-0.39, 0.29) is 6.10 Å². The molecular formula is C10H19N3O. The SMILES string of the molecule is Cc1c(CNCC[C@@H](C)O)cnn1C. The smallest absolute Gasteiger partial charge is 0.0537 e. The van der Waals surface area contributed by atoms with Gasteiger partial charge in [-0.2, -0.15) is 5.10 Å². The van der Waals surface area contributed by atoms with Crippen LogP contribution in [0.2, 0.25) is 0 Å². The van der Waals surface area contributed by atoms with Gasteiger partial charge in [0.2, 0.25) is 0 Å². The van der Waals surface area contributed by atoms with Crippen molar-refractivity contribution in [3.05, 3.63) is 17.5 Å². The van der Waals surface area contributed by atoms with E-state index in [4.69, 9.17) is 5.11 Å². The van der Waals surface area contributed by atoms with Gasteiger partial charge in [0, 0.05) is 24.8 Å². The molecule has 2 N–H and O–H groups in total. The van der Waals surface area contributed by atoms with Crippen molar-refractivity contribution >= 4 is 0 Å². The molecule has 0 aliphatic heterocycles. The zero-order valence-corrected chi connectivity index (χ0v) is 9.12. The number of hydrogen-bond donors (Lipinski definition) is 2. The van der Waals surface area contributed by atoms with E-state index in [1.54, 1.807) is 6.92 Å². The maximum absolute atomic E-state index is 9.05. The van der Waals surface area contributed by atoms with Crippen molar-refractivity contribution in [3.63, 3.8) is 0 Å². The first-order valence-electron chi connectivity index (χ1n) is 4.97. The van der Waals surface area contributed by atoms with Crippen LogP contribution in [0.5, 0.6) is 0 Å². The Morgan fingerprint density at radius 2 is 2.36 bits per heavy atom. The standard InChI is InChI=1S/C10H19N3O/c1-8(14)4-5-11-6-10-7-12-13(3)9(10)2/h7-8,11,14H,4-6H2,1-3H3/t8-/m1/s1. The van der Waals surface area contributed by atoms with Crippen LogP contribution in [0.4, 0.5) is 0 Å². The predicted octanol–water partition coefficient (Wildman–Crippen LogP) is 0.589. The topological polar surface area (TPSA) is 50.1 Å². The Morgan fingerprint density at radius 1 is 1.64 bits per heavy atom. The number of aromatic nitrogens is 2. The molecule has 0 aliphatic rings. The summed E-state index contributed by atoms with van der Waals surface area (Å²) in [6, 6.07) is 0. The number of nitrogens with one attached hydrogen (secondary N) is 1. The molecule has 0 amide bonds. The monoisotopic (exact) mass is 197 g/mol. The Bertz CT molecular complexity index is 281. The molecule has 4 nitrogen and oxygen atoms in total. The van der Waals surface area contributed by atoms with E-state index in [2.05, 4.69) is 17.3 Å². The molecule has 80 valence electrons. The summed E-state index contributed by atoms with van der Waals surface area (Å²) in [4.78, 5) is 0. The van der Waals surface area contributed by atoms with E-state index in [0.29, 0.717) is 0 Å². The highest BCUT2D eigenvalue weighted by Crippen LogP contribution is 2.04. The normalized spacial score (nSPS) is 13.1. The van der Waals surface area contributed by atoms with Gasteiger partial charge in [0.25, 0.3) is 0 Å². The lowest BCUT2D eigenvalue weighted by atomic mass is 10.2. The summed E-state index contributed by atoms with van der Waals surface area (Å²) < 4.78 is 1.87. The molecule has 0 radical (unpaired) electrons. The lowest BCUT2D eigenvalue weighted by Gasteiger charge is -2.05. The van der Waals surface area contributed by atoms with E-state index in [0.717, 1.165) is 19.5 Å². The Morgan fingerprint density at radius 3 is 2.86 bits per heavy atom. The molecular weight excluding hydrogens is 178 g/mol. The van der Waals surface area contributed by atoms with Gasteiger partial charge in [-0.25, -0.2) is 0 Å². The molecule has 1 aromatic rings. The van der Waals surface area contributed by atoms with E-state index in [9.17, 15) is 0 Å². The van der Waals surface area contributed by atoms with E-state index >= 15 is 0 Å². The maximum Gasteiger partial charge on any atom is 0.0537 e. The number of nitrogens with zero attached hydrogens (tertiary/aromatic N) is 2. The Balaban J connectivity index is 2.28. The van der Waals surface area contributed by atoms with Crippen molar-refractivity contribution in [2.45, 2.75) is 32.9 Å². The highest BCUT2D eigenvalue weighted by molar-refractivity contribution is 5.15. The van der Waals surface area contributed by atoms with Gasteiger partial charge in [-0.1, -0.05) is 0 Å². The van der Waals surface area contributed by atoms with Crippen molar-refractivity contribution in [2.75, 3.05) is 6.54 Å². The van der Waals surface area contributed by atoms with Crippen molar-refractivity contribution in [3.8, 4) is 0 Å². The summed E-state index contributed by atoms with van der Waals surface area (Å²) >= 11 is 0. The third-order valence-electron chi connectivity index (χ3n) is 2.39. The largest absolute Gasteiger partial charge is 0.393 e. The summed E-state index contributed by atoms with van der Waals surface area (Å²) in [6.45, 7) is 5.52. The Labute approximate surface area is 84.9 Å². The molecule has 0 bridgehead atoms. The molecule has 0 unspecified atom stereocenters. The molecule has 1 rings (SSSR count). The van der Waals surface area contributed by atoms with Gasteiger partial charge in [-0.3, -0.25) is 4.68 Å². The fourth-order valence-electron chi connectivity index (χ4n) is 1.25. The van der Waals surface area contributed by atoms with Crippen LogP contribution in [0.3, 0.4) is 0 Å². The molecule has 0 saturated carbocycles. The van der Waals surface area contributed by atoms with Crippen LogP contribution in [0.1, 0.15) is 24.6 Å². The summed E-state index contributed by atoms with van der Waals surface area (Å²) in [7, 11) is 1.94. The second-order valence-electron chi connectivity index (χ2n) is 3.69. The fourth-order valence-corrected chi connectivity index (χ4v) is 1.25. The maximum atomic E-state index is 9.05. The first-order valence-corrected chi connectivity index (χ1v) is 4.97. The second-order valence-corrected chi connectivity index (χ2v) is 3.69. The van der Waals surface area contributed by atoms with Gasteiger partial charge in [0.15, 0.2) is 0 Å². The van der Waals surface area contributed by atoms with Crippen LogP contribution < -0.4 is 5.32 Å². The van der Waals surface area contributed by atoms with Crippen molar-refractivity contribution in [1.29, 1.82) is 0 Å². The molecule has 4 heteroatoms. The van der Waals surface area contributed by atoms with Gasteiger partial charge in [-0.05, 0) is 26.8 Å². The number of hydrogen-bond acceptors (Lipinski definition) is 3. The summed E-state index contributed by atoms with van der Waals surface area (Å²) in [5.41, 5.74) is 2.41. The lowest BCUT2D eigenvalue weighted by Crippen LogP contribution is -2.18. The van der Waals surface area contributed by atoms with Crippen LogP contribution in [0.15, 0.2) is 6.20 Å². The average Bonchev–Trinajstić information content (AvgIpc) is 2.43. The number of aryl methyl sites for hydroxylation is 1. The lowest BCUT2D eigenvalue weighted by molar-refractivity contribution is 0.183. The van der Waals surface area contributed by atoms with Crippen LogP contribution >= 0.6 is 0 Å². The summed E-state index contributed by atoms with van der Waals surface area (Å²) in [5.74, 6) is 0. The van der Waals surface area contributed by atoms with Crippen molar-refractivity contribution < 1.29 is 5.11 Å². The van der Waals surface area contributed by atoms with Gasteiger partial charge < -0.3 is 10.4 Å². The quantitative estimate of drug-likeness (QED) is 0.679. The molecule has 1 aromatic heterocycles. The van der Waals surface area contributed by atoms with E-state index < -0.39 is 0 Å². The van der Waals surface area contributed by atoms with Crippen molar-refractivity contribution in [2.24, 2.45) is 7.05 Å². The van der Waals surface area contributed by atoms with Crippen molar-refractivity contribution in [1.82, 2.24) is 15.1 Å². The third kappa shape index (κ3) is 3.12. The molecule has 1 atom stereocenters. The molecule has 0 aromatic carbocycles. The van der Waals surface area contributed by atoms with Gasteiger partial charge >= 0.3 is 0 Å². The fraction of sp³-hybridized carbons (Fsp3) is 0.700. The second kappa shape index (κ2) is 5.12. The molecule has 0 spiro atoms. The predicted molar refractivity (Wildman–Crippen MR) is 55.9 cm³/mol. The molecule has 14 heavy (non-hydrogen) atoms. The first-order chi connectivity index (χ1) is 6.61. The minimum atomic E-state index is -0.225. The molecule has 1 heterocycles. The van der Waals surface area contributed by atoms with Gasteiger partial charge in [0.1, 0.15) is 0 Å². The third-order valence-corrected chi connectivity index (χ3v) is 2.39. The average molecular weight is 197 g/mol. The highest BCUT2D eigenvalue weighted by atomic mass is 16.3. The van der Waals surface area contributed by atoms with Gasteiger partial charge in [-0.15, -0.1) is 0 Å². The van der Waals surface area contributed by atoms with E-state index in [1.165, 1.54) is 11.3 Å². The number of aliphatic hydroxyl groups excluding tert-OH is 1. The Kier molecular flexibility index (Phi) is 4.10. The number of aliphatic hydroxyl groups is 1. The zero-order valence-electron chi connectivity index (χ0n) is 9.12. The van der Waals surface area contributed by atoms with E-state index in [1.807, 2.05) is 17.9 Å². The van der Waals surface area contributed by atoms with Gasteiger partial charge in [0.05, 0.1) is 12.3 Å². The van der Waals surface area contributed by atoms with Crippen LogP contribution in [0.25, 0.3) is 0 Å². The van der Waals surface area contributed by atoms with Crippen LogP contribution in [-0.2, 0) is 13.6 Å². The highest BCUT2D eigenvalue weighted by Gasteiger charge is 2.02. The van der Waals surface area contributed by atoms with Crippen LogP contribution in [-0.4, -0.2) is 27.5 Å². The minimum absolute atomic E-state index is 0.225. The zero-order chi connectivity index (χ0) is 10.6. The molecule has 0 saturated heterocycles. The number of rotatable bonds is 5. The molecule has 0 aliphatic carbocycles. The minimum Gasteiger partial charge on any atom is -0.393 e. The van der Waals surface area contributed by atoms with Crippen LogP contribution in [0, 0.1) is 6.92 Å².